The maximum Gasteiger partial charge on any atom is 0.409 e. The number of nitrogens with one attached hydrogen (secondary N) is 3. The van der Waals surface area contributed by atoms with Gasteiger partial charge in [0.1, 0.15) is 5.82 Å². The molecule has 2 aromatic carbocycles. The molecule has 3 saturated heterocycles. The molecule has 11 heteroatoms. The Hall–Kier alpha value is -3.37. The number of fused-ring (bicyclic) bond motifs is 1. The van der Waals surface area contributed by atoms with Crippen molar-refractivity contribution in [2.75, 3.05) is 39.3 Å². The van der Waals surface area contributed by atoms with Gasteiger partial charge in [-0.15, -0.1) is 0 Å². The van der Waals surface area contributed by atoms with E-state index in [9.17, 15) is 18.8 Å². The summed E-state index contributed by atoms with van der Waals surface area (Å²) >= 11 is 6.10. The number of amides is 4. The van der Waals surface area contributed by atoms with Crippen LogP contribution in [0.4, 0.5) is 14.0 Å². The van der Waals surface area contributed by atoms with Gasteiger partial charge in [-0.1, -0.05) is 48.0 Å². The standard InChI is InChI=1S/C26H29ClFN5O4/c27-19-7-4-8-20(28)23(19)24(34)33-14-17-12-32(13-18(17)15-33)10-9-21(16-5-2-1-3-6-16)30-26(36)37-22-11-29-25(35)31-22/h1-8,17-18,21-22H,9-15H2,(H,30,36)(H2,29,31,35)/t17-,18?,21?,22?/m0/s1. The van der Waals surface area contributed by atoms with Gasteiger partial charge in [-0.05, 0) is 36.0 Å². The first kappa shape index (κ1) is 25.3. The molecule has 0 spiro atoms. The number of alkyl carbamates (subject to hydrolysis) is 1. The Morgan fingerprint density at radius 2 is 1.81 bits per heavy atom. The number of carbonyl (C=O) groups excluding carboxylic acids is 3. The molecule has 4 amide bonds. The lowest BCUT2D eigenvalue weighted by molar-refractivity contribution is 0.0769. The Morgan fingerprint density at radius 3 is 2.46 bits per heavy atom. The summed E-state index contributed by atoms with van der Waals surface area (Å²) in [4.78, 5) is 40.8. The molecule has 2 aromatic rings. The Morgan fingerprint density at radius 1 is 1.08 bits per heavy atom. The maximum absolute atomic E-state index is 14.2. The Bertz CT molecular complexity index is 1130. The topological polar surface area (TPSA) is 103 Å². The zero-order chi connectivity index (χ0) is 25.9. The first-order valence-electron chi connectivity index (χ1n) is 12.4. The lowest BCUT2D eigenvalue weighted by Crippen LogP contribution is -2.39. The minimum Gasteiger partial charge on any atom is -0.424 e. The zero-order valence-corrected chi connectivity index (χ0v) is 20.9. The van der Waals surface area contributed by atoms with Crippen molar-refractivity contribution < 1.29 is 23.5 Å². The number of ether oxygens (including phenoxy) is 1. The van der Waals surface area contributed by atoms with Gasteiger partial charge in [-0.25, -0.2) is 14.0 Å². The number of urea groups is 1. The fourth-order valence-electron chi connectivity index (χ4n) is 5.43. The third kappa shape index (κ3) is 5.80. The number of hydrogen-bond donors (Lipinski definition) is 3. The summed E-state index contributed by atoms with van der Waals surface area (Å²) in [5.41, 5.74) is 0.906. The summed E-state index contributed by atoms with van der Waals surface area (Å²) in [7, 11) is 0. The van der Waals surface area contributed by atoms with Crippen LogP contribution in [-0.2, 0) is 4.74 Å². The number of benzene rings is 2. The molecule has 3 heterocycles. The molecule has 3 unspecified atom stereocenters. The fraction of sp³-hybridized carbons (Fsp3) is 0.423. The zero-order valence-electron chi connectivity index (χ0n) is 20.2. The second-order valence-electron chi connectivity index (χ2n) is 9.73. The predicted molar refractivity (Wildman–Crippen MR) is 134 cm³/mol. The van der Waals surface area contributed by atoms with E-state index in [1.807, 2.05) is 30.3 Å². The van der Waals surface area contributed by atoms with E-state index in [0.717, 1.165) is 25.2 Å². The van der Waals surface area contributed by atoms with E-state index >= 15 is 0 Å². The van der Waals surface area contributed by atoms with Crippen molar-refractivity contribution in [1.82, 2.24) is 25.8 Å². The Kier molecular flexibility index (Phi) is 7.48. The molecule has 5 rings (SSSR count). The highest BCUT2D eigenvalue weighted by molar-refractivity contribution is 6.33. The normalized spacial score (nSPS) is 23.8. The Labute approximate surface area is 219 Å². The van der Waals surface area contributed by atoms with Crippen molar-refractivity contribution in [2.45, 2.75) is 18.7 Å². The van der Waals surface area contributed by atoms with Crippen LogP contribution in [0.15, 0.2) is 48.5 Å². The number of rotatable bonds is 7. The number of hydrogen-bond acceptors (Lipinski definition) is 5. The van der Waals surface area contributed by atoms with E-state index in [2.05, 4.69) is 20.9 Å². The highest BCUT2D eigenvalue weighted by atomic mass is 35.5. The quantitative estimate of drug-likeness (QED) is 0.512. The minimum absolute atomic E-state index is 0.0578. The fourth-order valence-corrected chi connectivity index (χ4v) is 5.67. The molecular formula is C26H29ClFN5O4. The van der Waals surface area contributed by atoms with Crippen LogP contribution in [0.25, 0.3) is 0 Å². The van der Waals surface area contributed by atoms with Gasteiger partial charge in [-0.3, -0.25) is 4.79 Å². The van der Waals surface area contributed by atoms with Crippen LogP contribution in [0.3, 0.4) is 0 Å². The Balaban J connectivity index is 1.15. The van der Waals surface area contributed by atoms with Crippen LogP contribution < -0.4 is 16.0 Å². The predicted octanol–water partition coefficient (Wildman–Crippen LogP) is 2.98. The second kappa shape index (κ2) is 10.9. The number of carbonyl (C=O) groups is 3. The van der Waals surface area contributed by atoms with Crippen molar-refractivity contribution >= 4 is 29.6 Å². The molecule has 3 fully saturated rings. The average Bonchev–Trinajstić information content (AvgIpc) is 3.57. The van der Waals surface area contributed by atoms with Crippen molar-refractivity contribution in [2.24, 2.45) is 11.8 Å². The molecule has 3 aliphatic heterocycles. The molecule has 3 N–H and O–H groups in total. The minimum atomic E-state index is -0.702. The number of halogens is 2. The third-order valence-electron chi connectivity index (χ3n) is 7.24. The summed E-state index contributed by atoms with van der Waals surface area (Å²) in [6.07, 6.45) is -0.629. The average molecular weight is 530 g/mol. The molecule has 4 atom stereocenters. The summed E-state index contributed by atoms with van der Waals surface area (Å²) in [6, 6.07) is 13.3. The van der Waals surface area contributed by atoms with Crippen molar-refractivity contribution in [3.05, 3.63) is 70.5 Å². The van der Waals surface area contributed by atoms with Crippen LogP contribution in [0.5, 0.6) is 0 Å². The molecule has 0 radical (unpaired) electrons. The first-order valence-corrected chi connectivity index (χ1v) is 12.8. The van der Waals surface area contributed by atoms with Crippen LogP contribution >= 0.6 is 11.6 Å². The van der Waals surface area contributed by atoms with E-state index in [4.69, 9.17) is 16.3 Å². The molecule has 0 aliphatic carbocycles. The van der Waals surface area contributed by atoms with Gasteiger partial charge in [0, 0.05) is 32.7 Å². The van der Waals surface area contributed by atoms with Gasteiger partial charge >= 0.3 is 12.1 Å². The van der Waals surface area contributed by atoms with Gasteiger partial charge in [0.05, 0.1) is 23.2 Å². The third-order valence-corrected chi connectivity index (χ3v) is 7.56. The maximum atomic E-state index is 14.2. The monoisotopic (exact) mass is 529 g/mol. The molecule has 0 aromatic heterocycles. The van der Waals surface area contributed by atoms with Crippen molar-refractivity contribution in [3.63, 3.8) is 0 Å². The molecule has 37 heavy (non-hydrogen) atoms. The number of nitrogens with zero attached hydrogens (tertiary/aromatic N) is 2. The van der Waals surface area contributed by atoms with E-state index in [0.29, 0.717) is 31.3 Å². The first-order chi connectivity index (χ1) is 17.9. The van der Waals surface area contributed by atoms with Gasteiger partial charge in [0.15, 0.2) is 6.23 Å². The van der Waals surface area contributed by atoms with E-state index in [-0.39, 0.29) is 35.1 Å². The highest BCUT2D eigenvalue weighted by Crippen LogP contribution is 2.33. The summed E-state index contributed by atoms with van der Waals surface area (Å²) in [6.45, 7) is 3.76. The van der Waals surface area contributed by atoms with Crippen LogP contribution in [0.2, 0.25) is 5.02 Å². The van der Waals surface area contributed by atoms with Crippen LogP contribution in [0.1, 0.15) is 28.4 Å². The highest BCUT2D eigenvalue weighted by Gasteiger charge is 2.42. The smallest absolute Gasteiger partial charge is 0.409 e. The molecule has 0 saturated carbocycles. The molecule has 0 bridgehead atoms. The van der Waals surface area contributed by atoms with Crippen LogP contribution in [-0.4, -0.2) is 73.3 Å². The van der Waals surface area contributed by atoms with Crippen molar-refractivity contribution in [3.8, 4) is 0 Å². The second-order valence-corrected chi connectivity index (χ2v) is 10.1. The molecule has 3 aliphatic rings. The molecule has 9 nitrogen and oxygen atoms in total. The number of likely N-dealkylation sites (tertiary alicyclic amines) is 2. The molecule has 196 valence electrons. The lowest BCUT2D eigenvalue weighted by atomic mass is 10.0. The van der Waals surface area contributed by atoms with Gasteiger partial charge in [-0.2, -0.15) is 0 Å². The summed E-state index contributed by atoms with van der Waals surface area (Å²) in [5, 5.41) is 8.15. The molecular weight excluding hydrogens is 501 g/mol. The van der Waals surface area contributed by atoms with Gasteiger partial charge < -0.3 is 30.5 Å². The van der Waals surface area contributed by atoms with Crippen molar-refractivity contribution in [1.29, 1.82) is 0 Å². The van der Waals surface area contributed by atoms with Gasteiger partial charge in [0.25, 0.3) is 5.91 Å². The van der Waals surface area contributed by atoms with E-state index in [1.54, 1.807) is 4.90 Å². The largest absolute Gasteiger partial charge is 0.424 e. The summed E-state index contributed by atoms with van der Waals surface area (Å²) < 4.78 is 19.6. The van der Waals surface area contributed by atoms with E-state index in [1.165, 1.54) is 18.2 Å². The van der Waals surface area contributed by atoms with Gasteiger partial charge in [0.2, 0.25) is 0 Å². The van der Waals surface area contributed by atoms with E-state index < -0.39 is 18.1 Å². The summed E-state index contributed by atoms with van der Waals surface area (Å²) in [5.74, 6) is -0.340. The lowest BCUT2D eigenvalue weighted by Gasteiger charge is -2.25. The van der Waals surface area contributed by atoms with Crippen LogP contribution in [0, 0.1) is 17.7 Å². The SMILES string of the molecule is O=C1NCC(OC(=O)NC(CCN2CC3CN(C(=O)c4c(F)cccc4Cl)C[C@@H]3C2)c2ccccc2)N1.